The van der Waals surface area contributed by atoms with E-state index in [0.717, 1.165) is 0 Å². The molecule has 7 nitrogen and oxygen atoms in total. The zero-order valence-corrected chi connectivity index (χ0v) is 12.2. The van der Waals surface area contributed by atoms with Gasteiger partial charge in [-0.2, -0.15) is 13.2 Å². The maximum atomic E-state index is 13.3. The van der Waals surface area contributed by atoms with Crippen molar-refractivity contribution in [3.8, 4) is 0 Å². The number of nitrogens with one attached hydrogen (secondary N) is 2. The second-order valence-electron chi connectivity index (χ2n) is 5.02. The van der Waals surface area contributed by atoms with Crippen molar-refractivity contribution in [1.82, 2.24) is 10.6 Å². The van der Waals surface area contributed by atoms with Gasteiger partial charge >= 0.3 is 18.2 Å². The standard InChI is InChI=1S/C13H15F3N2O5/c1-3-22-10(19)8-9(7-5-4-6(2)23-7)17-11(20)18-12(8,21)13(14,15)16/h4-5,8-9,21H,3H2,1-2H3,(H2,17,18,20)/t8-,9-,12+/m0/s1. The van der Waals surface area contributed by atoms with Crippen LogP contribution >= 0.6 is 0 Å². The normalized spacial score (nSPS) is 28.0. The zero-order chi connectivity index (χ0) is 17.4. The van der Waals surface area contributed by atoms with Gasteiger partial charge in [-0.3, -0.25) is 4.79 Å². The molecule has 23 heavy (non-hydrogen) atoms. The first-order valence-corrected chi connectivity index (χ1v) is 6.71. The molecular formula is C13H15F3N2O5. The molecule has 128 valence electrons. The van der Waals surface area contributed by atoms with Crippen LogP contribution in [0.3, 0.4) is 0 Å². The lowest BCUT2D eigenvalue weighted by atomic mass is 9.84. The minimum absolute atomic E-state index is 0.0990. The van der Waals surface area contributed by atoms with Gasteiger partial charge < -0.3 is 24.9 Å². The van der Waals surface area contributed by atoms with Gasteiger partial charge in [0, 0.05) is 0 Å². The van der Waals surface area contributed by atoms with Gasteiger partial charge in [-0.25, -0.2) is 4.79 Å². The Balaban J connectivity index is 2.53. The first-order chi connectivity index (χ1) is 10.6. The first-order valence-electron chi connectivity index (χ1n) is 6.71. The molecule has 3 N–H and O–H groups in total. The fraction of sp³-hybridized carbons (Fsp3) is 0.538. The lowest BCUT2D eigenvalue weighted by Gasteiger charge is -2.43. The third-order valence-corrected chi connectivity index (χ3v) is 3.41. The number of ether oxygens (including phenoxy) is 1. The first kappa shape index (κ1) is 17.1. The molecule has 3 atom stereocenters. The van der Waals surface area contributed by atoms with Crippen LogP contribution in [0.25, 0.3) is 0 Å². The highest BCUT2D eigenvalue weighted by atomic mass is 19.4. The Kier molecular flexibility index (Phi) is 4.29. The minimum Gasteiger partial charge on any atom is -0.466 e. The van der Waals surface area contributed by atoms with E-state index in [2.05, 4.69) is 10.1 Å². The highest BCUT2D eigenvalue weighted by Gasteiger charge is 2.67. The summed E-state index contributed by atoms with van der Waals surface area (Å²) in [6.45, 7) is 2.76. The van der Waals surface area contributed by atoms with E-state index in [4.69, 9.17) is 4.42 Å². The third kappa shape index (κ3) is 2.98. The molecule has 2 rings (SSSR count). The summed E-state index contributed by atoms with van der Waals surface area (Å²) < 4.78 is 49.8. The van der Waals surface area contributed by atoms with Crippen LogP contribution in [0.15, 0.2) is 16.5 Å². The number of carbonyl (C=O) groups excluding carboxylic acids is 2. The molecule has 2 amide bonds. The molecule has 0 radical (unpaired) electrons. The molecule has 1 aliphatic rings. The summed E-state index contributed by atoms with van der Waals surface area (Å²) in [7, 11) is 0. The van der Waals surface area contributed by atoms with E-state index in [1.54, 1.807) is 6.92 Å². The van der Waals surface area contributed by atoms with Crippen LogP contribution in [0.1, 0.15) is 24.5 Å². The third-order valence-electron chi connectivity index (χ3n) is 3.41. The van der Waals surface area contributed by atoms with E-state index in [1.165, 1.54) is 24.4 Å². The predicted molar refractivity (Wildman–Crippen MR) is 69.0 cm³/mol. The van der Waals surface area contributed by atoms with E-state index in [9.17, 15) is 27.9 Å². The maximum Gasteiger partial charge on any atom is 0.437 e. The maximum absolute atomic E-state index is 13.3. The molecule has 1 aromatic rings. The summed E-state index contributed by atoms with van der Waals surface area (Å²) in [5.74, 6) is -3.23. The average Bonchev–Trinajstić information content (AvgIpc) is 2.83. The Labute approximate surface area is 128 Å². The number of aliphatic hydroxyl groups is 1. The van der Waals surface area contributed by atoms with Gasteiger partial charge in [0.05, 0.1) is 6.61 Å². The van der Waals surface area contributed by atoms with E-state index in [-0.39, 0.29) is 12.4 Å². The number of hydrogen-bond acceptors (Lipinski definition) is 5. The number of alkyl halides is 3. The van der Waals surface area contributed by atoms with Gasteiger partial charge in [-0.05, 0) is 26.0 Å². The van der Waals surface area contributed by atoms with Crippen LogP contribution in [0.5, 0.6) is 0 Å². The summed E-state index contributed by atoms with van der Waals surface area (Å²) in [4.78, 5) is 23.6. The number of esters is 1. The molecule has 0 spiro atoms. The van der Waals surface area contributed by atoms with Crippen LogP contribution in [0, 0.1) is 12.8 Å². The summed E-state index contributed by atoms with van der Waals surface area (Å²) in [5, 5.41) is 13.6. The van der Waals surface area contributed by atoms with Gasteiger partial charge in [-0.1, -0.05) is 0 Å². The number of halogens is 3. The van der Waals surface area contributed by atoms with Gasteiger partial charge in [0.1, 0.15) is 23.5 Å². The van der Waals surface area contributed by atoms with Crippen LogP contribution in [0.2, 0.25) is 0 Å². The smallest absolute Gasteiger partial charge is 0.437 e. The molecule has 0 aliphatic carbocycles. The molecule has 10 heteroatoms. The molecule has 1 aromatic heterocycles. The Hall–Kier alpha value is -2.23. The van der Waals surface area contributed by atoms with Crippen molar-refractivity contribution in [2.45, 2.75) is 31.8 Å². The Morgan fingerprint density at radius 1 is 1.48 bits per heavy atom. The summed E-state index contributed by atoms with van der Waals surface area (Å²) >= 11 is 0. The lowest BCUT2D eigenvalue weighted by molar-refractivity contribution is -0.294. The molecule has 2 heterocycles. The topological polar surface area (TPSA) is 101 Å². The highest BCUT2D eigenvalue weighted by Crippen LogP contribution is 2.43. The van der Waals surface area contributed by atoms with Crippen molar-refractivity contribution in [3.63, 3.8) is 0 Å². The van der Waals surface area contributed by atoms with Gasteiger partial charge in [0.15, 0.2) is 0 Å². The van der Waals surface area contributed by atoms with Crippen LogP contribution in [-0.4, -0.2) is 35.6 Å². The lowest BCUT2D eigenvalue weighted by Crippen LogP contribution is -2.73. The fourth-order valence-electron chi connectivity index (χ4n) is 2.39. The highest BCUT2D eigenvalue weighted by molar-refractivity contribution is 5.83. The van der Waals surface area contributed by atoms with Gasteiger partial charge in [-0.15, -0.1) is 0 Å². The number of carbonyl (C=O) groups is 2. The Morgan fingerprint density at radius 3 is 2.61 bits per heavy atom. The predicted octanol–water partition coefficient (Wildman–Crippen LogP) is 1.37. The Morgan fingerprint density at radius 2 is 2.13 bits per heavy atom. The molecule has 0 aromatic carbocycles. The van der Waals surface area contributed by atoms with Crippen LogP contribution in [0.4, 0.5) is 18.0 Å². The fourth-order valence-corrected chi connectivity index (χ4v) is 2.39. The number of hydrogen-bond donors (Lipinski definition) is 3. The van der Waals surface area contributed by atoms with Crippen molar-refractivity contribution < 1.29 is 37.0 Å². The molecule has 0 unspecified atom stereocenters. The van der Waals surface area contributed by atoms with Gasteiger partial charge in [0.25, 0.3) is 5.72 Å². The monoisotopic (exact) mass is 336 g/mol. The van der Waals surface area contributed by atoms with Crippen molar-refractivity contribution in [2.24, 2.45) is 5.92 Å². The summed E-state index contributed by atoms with van der Waals surface area (Å²) in [5.41, 5.74) is -3.78. The molecular weight excluding hydrogens is 321 g/mol. The van der Waals surface area contributed by atoms with Crippen LogP contribution in [-0.2, 0) is 9.53 Å². The van der Waals surface area contributed by atoms with E-state index in [1.807, 2.05) is 0 Å². The largest absolute Gasteiger partial charge is 0.466 e. The SMILES string of the molecule is CCOC(=O)[C@@H]1[C@H](c2ccc(C)o2)NC(=O)N[C@]1(O)C(F)(F)F. The van der Waals surface area contributed by atoms with E-state index < -0.39 is 35.9 Å². The number of urea groups is 1. The van der Waals surface area contributed by atoms with Gasteiger partial charge in [0.2, 0.25) is 0 Å². The quantitative estimate of drug-likeness (QED) is 0.724. The zero-order valence-electron chi connectivity index (χ0n) is 12.2. The van der Waals surface area contributed by atoms with E-state index >= 15 is 0 Å². The Bertz CT molecular complexity index is 615. The van der Waals surface area contributed by atoms with Crippen molar-refractivity contribution >= 4 is 12.0 Å². The van der Waals surface area contributed by atoms with Crippen LogP contribution < -0.4 is 10.6 Å². The second kappa shape index (κ2) is 5.76. The molecule has 1 aliphatic heterocycles. The number of rotatable bonds is 3. The molecule has 1 saturated heterocycles. The molecule has 0 saturated carbocycles. The minimum atomic E-state index is -5.30. The van der Waals surface area contributed by atoms with Crippen molar-refractivity contribution in [2.75, 3.05) is 6.61 Å². The van der Waals surface area contributed by atoms with Crippen molar-refractivity contribution in [1.29, 1.82) is 0 Å². The summed E-state index contributed by atoms with van der Waals surface area (Å²) in [6.07, 6.45) is -5.30. The number of aryl methyl sites for hydroxylation is 1. The van der Waals surface area contributed by atoms with Crippen molar-refractivity contribution in [3.05, 3.63) is 23.7 Å². The van der Waals surface area contributed by atoms with E-state index in [0.29, 0.717) is 5.76 Å². The average molecular weight is 336 g/mol. The molecule has 1 fully saturated rings. The molecule has 0 bridgehead atoms. The second-order valence-corrected chi connectivity index (χ2v) is 5.02. The summed E-state index contributed by atoms with van der Waals surface area (Å²) in [6, 6.07) is -0.0555. The number of amides is 2. The number of furan rings is 1.